The fourth-order valence-electron chi connectivity index (χ4n) is 4.57. The van der Waals surface area contributed by atoms with Crippen molar-refractivity contribution in [2.75, 3.05) is 20.6 Å². The molecule has 6 nitrogen and oxygen atoms in total. The van der Waals surface area contributed by atoms with E-state index in [2.05, 4.69) is 39.8 Å². The Kier molecular flexibility index (Phi) is 6.85. The van der Waals surface area contributed by atoms with Gasteiger partial charge < -0.3 is 15.5 Å². The van der Waals surface area contributed by atoms with Crippen LogP contribution in [0.5, 0.6) is 0 Å². The molecule has 2 unspecified atom stereocenters. The van der Waals surface area contributed by atoms with Crippen molar-refractivity contribution < 1.29 is 4.79 Å². The number of guanidine groups is 1. The number of carbonyl (C=O) groups excluding carboxylic acids is 1. The maximum Gasteiger partial charge on any atom is 0.224 e. The van der Waals surface area contributed by atoms with E-state index >= 15 is 0 Å². The first kappa shape index (κ1) is 21.3. The van der Waals surface area contributed by atoms with Gasteiger partial charge in [0.05, 0.1) is 18.4 Å². The van der Waals surface area contributed by atoms with Gasteiger partial charge in [0, 0.05) is 26.7 Å². The third kappa shape index (κ3) is 5.63. The van der Waals surface area contributed by atoms with E-state index in [1.807, 2.05) is 44.4 Å². The molecule has 0 radical (unpaired) electrons. The minimum atomic E-state index is 0.109. The smallest absolute Gasteiger partial charge is 0.224 e. The minimum absolute atomic E-state index is 0.109. The number of allylic oxidation sites excluding steroid dienone is 2. The van der Waals surface area contributed by atoms with E-state index in [1.54, 1.807) is 0 Å². The highest BCUT2D eigenvalue weighted by molar-refractivity contribution is 6.00. The maximum atomic E-state index is 12.2. The average molecular weight is 420 g/mol. The van der Waals surface area contributed by atoms with E-state index in [-0.39, 0.29) is 17.9 Å². The second-order valence-corrected chi connectivity index (χ2v) is 8.93. The highest BCUT2D eigenvalue weighted by Gasteiger charge is 2.30. The number of hydrogen-bond donors (Lipinski definition) is 2. The van der Waals surface area contributed by atoms with Crippen molar-refractivity contribution in [1.82, 2.24) is 15.5 Å². The molecule has 0 spiro atoms. The van der Waals surface area contributed by atoms with Crippen LogP contribution in [0.25, 0.3) is 0 Å². The summed E-state index contributed by atoms with van der Waals surface area (Å²) in [6, 6.07) is 10.4. The zero-order valence-corrected chi connectivity index (χ0v) is 18.5. The van der Waals surface area contributed by atoms with E-state index in [9.17, 15) is 4.79 Å². The lowest BCUT2D eigenvalue weighted by Gasteiger charge is -2.33. The van der Waals surface area contributed by atoms with E-state index in [0.717, 1.165) is 49.6 Å². The van der Waals surface area contributed by atoms with Gasteiger partial charge in [-0.25, -0.2) is 4.99 Å². The summed E-state index contributed by atoms with van der Waals surface area (Å²) in [5.74, 6) is 2.68. The largest absolute Gasteiger partial charge is 0.365 e. The lowest BCUT2D eigenvalue weighted by molar-refractivity contribution is -0.120. The molecule has 1 heterocycles. The van der Waals surface area contributed by atoms with Crippen molar-refractivity contribution in [3.05, 3.63) is 60.2 Å². The van der Waals surface area contributed by atoms with Gasteiger partial charge in [0.25, 0.3) is 0 Å². The van der Waals surface area contributed by atoms with Crippen LogP contribution in [0, 0.1) is 11.8 Å². The van der Waals surface area contributed by atoms with Gasteiger partial charge in [0.2, 0.25) is 11.9 Å². The Morgan fingerprint density at radius 1 is 1.06 bits per heavy atom. The molecule has 2 aliphatic carbocycles. The molecule has 1 saturated carbocycles. The van der Waals surface area contributed by atoms with Gasteiger partial charge in [-0.3, -0.25) is 4.79 Å². The highest BCUT2D eigenvalue weighted by atomic mass is 16.1. The van der Waals surface area contributed by atoms with Gasteiger partial charge in [-0.1, -0.05) is 54.6 Å². The Bertz CT molecular complexity index is 878. The number of aliphatic imine (C=N–C) groups is 2. The van der Waals surface area contributed by atoms with Crippen LogP contribution in [-0.2, 0) is 11.2 Å². The summed E-state index contributed by atoms with van der Waals surface area (Å²) in [5, 5.41) is 6.71. The Morgan fingerprint density at radius 3 is 2.55 bits per heavy atom. The van der Waals surface area contributed by atoms with Crippen LogP contribution in [0.1, 0.15) is 31.2 Å². The number of benzene rings is 1. The molecule has 0 saturated heterocycles. The molecule has 1 aromatic rings. The molecule has 0 bridgehead atoms. The second-order valence-electron chi connectivity index (χ2n) is 8.93. The summed E-state index contributed by atoms with van der Waals surface area (Å²) in [7, 11) is 4.09. The third-order valence-corrected chi connectivity index (χ3v) is 6.33. The molecule has 1 fully saturated rings. The fraction of sp³-hybridized carbons (Fsp3) is 0.480. The van der Waals surface area contributed by atoms with Crippen LogP contribution in [0.3, 0.4) is 0 Å². The first-order chi connectivity index (χ1) is 15.1. The number of rotatable bonds is 5. The van der Waals surface area contributed by atoms with Crippen LogP contribution >= 0.6 is 0 Å². The van der Waals surface area contributed by atoms with Crippen molar-refractivity contribution in [2.24, 2.45) is 21.8 Å². The number of fused-ring (bicyclic) bond motifs is 1. The summed E-state index contributed by atoms with van der Waals surface area (Å²) >= 11 is 0. The lowest BCUT2D eigenvalue weighted by Crippen LogP contribution is -2.45. The van der Waals surface area contributed by atoms with Crippen LogP contribution < -0.4 is 10.6 Å². The SMILES string of the molecule is CN(C)C1=NC(NC2CCC(CNC(=O)Cc3ccccc3)CC2)=NC2C=CC=CC12. The molecule has 6 heteroatoms. The number of nitrogens with one attached hydrogen (secondary N) is 2. The predicted molar refractivity (Wildman–Crippen MR) is 126 cm³/mol. The highest BCUT2D eigenvalue weighted by Crippen LogP contribution is 2.26. The quantitative estimate of drug-likeness (QED) is 0.771. The van der Waals surface area contributed by atoms with Crippen LogP contribution in [-0.4, -0.2) is 55.3 Å². The Hall–Kier alpha value is -2.89. The monoisotopic (exact) mass is 419 g/mol. The summed E-state index contributed by atoms with van der Waals surface area (Å²) < 4.78 is 0. The van der Waals surface area contributed by atoms with E-state index < -0.39 is 0 Å². The normalized spacial score (nSPS) is 27.0. The average Bonchev–Trinajstić information content (AvgIpc) is 2.78. The predicted octanol–water partition coefficient (Wildman–Crippen LogP) is 2.93. The molecular formula is C25H33N5O. The Balaban J connectivity index is 1.24. The molecule has 4 rings (SSSR count). The number of carbonyl (C=O) groups is 1. The number of amidine groups is 1. The van der Waals surface area contributed by atoms with Gasteiger partial charge in [-0.05, 0) is 37.2 Å². The van der Waals surface area contributed by atoms with E-state index in [4.69, 9.17) is 9.98 Å². The molecule has 2 atom stereocenters. The molecule has 31 heavy (non-hydrogen) atoms. The van der Waals surface area contributed by atoms with Crippen molar-refractivity contribution in [3.63, 3.8) is 0 Å². The van der Waals surface area contributed by atoms with E-state index in [0.29, 0.717) is 18.4 Å². The van der Waals surface area contributed by atoms with Gasteiger partial charge in [-0.2, -0.15) is 4.99 Å². The minimum Gasteiger partial charge on any atom is -0.365 e. The molecule has 0 aromatic heterocycles. The first-order valence-corrected chi connectivity index (χ1v) is 11.3. The van der Waals surface area contributed by atoms with Crippen molar-refractivity contribution >= 4 is 17.7 Å². The fourth-order valence-corrected chi connectivity index (χ4v) is 4.57. The van der Waals surface area contributed by atoms with Crippen molar-refractivity contribution in [2.45, 2.75) is 44.2 Å². The molecular weight excluding hydrogens is 386 g/mol. The second kappa shape index (κ2) is 9.94. The summed E-state index contributed by atoms with van der Waals surface area (Å²) in [6.45, 7) is 0.767. The van der Waals surface area contributed by atoms with Gasteiger partial charge in [-0.15, -0.1) is 0 Å². The number of nitrogens with zero attached hydrogens (tertiary/aromatic N) is 3. The number of hydrogen-bond acceptors (Lipinski definition) is 5. The molecule has 1 aromatic carbocycles. The van der Waals surface area contributed by atoms with Crippen molar-refractivity contribution in [1.29, 1.82) is 0 Å². The van der Waals surface area contributed by atoms with E-state index in [1.165, 1.54) is 0 Å². The summed E-state index contributed by atoms with van der Waals surface area (Å²) in [5.41, 5.74) is 1.06. The molecule has 1 aliphatic heterocycles. The summed E-state index contributed by atoms with van der Waals surface area (Å²) in [6.07, 6.45) is 13.3. The Labute approximate surface area is 185 Å². The van der Waals surface area contributed by atoms with Crippen LogP contribution in [0.15, 0.2) is 64.6 Å². The molecule has 3 aliphatic rings. The number of amides is 1. The zero-order valence-electron chi connectivity index (χ0n) is 18.5. The topological polar surface area (TPSA) is 69.1 Å². The summed E-state index contributed by atoms with van der Waals surface area (Å²) in [4.78, 5) is 24.0. The van der Waals surface area contributed by atoms with Crippen LogP contribution in [0.2, 0.25) is 0 Å². The lowest BCUT2D eigenvalue weighted by atomic mass is 9.86. The molecule has 2 N–H and O–H groups in total. The Morgan fingerprint density at radius 2 is 1.81 bits per heavy atom. The third-order valence-electron chi connectivity index (χ3n) is 6.33. The van der Waals surface area contributed by atoms with Gasteiger partial charge in [0.15, 0.2) is 0 Å². The van der Waals surface area contributed by atoms with Crippen LogP contribution in [0.4, 0.5) is 0 Å². The van der Waals surface area contributed by atoms with Crippen molar-refractivity contribution in [3.8, 4) is 0 Å². The molecule has 1 amide bonds. The first-order valence-electron chi connectivity index (χ1n) is 11.3. The van der Waals surface area contributed by atoms with Gasteiger partial charge >= 0.3 is 0 Å². The zero-order chi connectivity index (χ0) is 21.6. The van der Waals surface area contributed by atoms with Gasteiger partial charge in [0.1, 0.15) is 5.84 Å². The molecule has 164 valence electrons. The maximum absolute atomic E-state index is 12.2. The standard InChI is InChI=1S/C25H33N5O/c1-30(2)24-21-10-6-7-11-22(21)28-25(29-24)27-20-14-12-19(13-15-20)17-26-23(31)16-18-8-4-3-5-9-18/h3-11,19-22H,12-17H2,1-2H3,(H,26,31)(H,27,28).